The van der Waals surface area contributed by atoms with Crippen molar-refractivity contribution in [2.75, 3.05) is 0 Å². The lowest BCUT2D eigenvalue weighted by Crippen LogP contribution is -2.04. The molecule has 0 saturated carbocycles. The molecule has 224 valence electrons. The van der Waals surface area contributed by atoms with E-state index in [9.17, 15) is 0 Å². The van der Waals surface area contributed by atoms with Crippen molar-refractivity contribution < 1.29 is 0 Å². The fourth-order valence-corrected chi connectivity index (χ4v) is 8.36. The van der Waals surface area contributed by atoms with Crippen LogP contribution in [0.4, 0.5) is 0 Å². The van der Waals surface area contributed by atoms with Crippen LogP contribution in [0.3, 0.4) is 0 Å². The predicted octanol–water partition coefficient (Wildman–Crippen LogP) is 12.1. The molecule has 3 heterocycles. The average Bonchev–Trinajstić information content (AvgIpc) is 3.71. The third kappa shape index (κ3) is 4.20. The molecule has 0 radical (unpaired) electrons. The number of para-hydroxylation sites is 1. The first-order valence-corrected chi connectivity index (χ1v) is 17.0. The fraction of sp³-hybridized carbons (Fsp3) is 0. The lowest BCUT2D eigenvalue weighted by molar-refractivity contribution is 0.996. The number of rotatable bonds is 4. The second kappa shape index (κ2) is 10.7. The van der Waals surface area contributed by atoms with Gasteiger partial charge in [0.25, 0.3) is 0 Å². The molecule has 10 rings (SSSR count). The van der Waals surface area contributed by atoms with Crippen LogP contribution in [-0.2, 0) is 0 Å². The van der Waals surface area contributed by atoms with E-state index in [-0.39, 0.29) is 0 Å². The molecule has 0 aliphatic rings. The van der Waals surface area contributed by atoms with E-state index in [1.54, 1.807) is 0 Å². The van der Waals surface area contributed by atoms with Gasteiger partial charge in [0.15, 0.2) is 0 Å². The van der Waals surface area contributed by atoms with Crippen molar-refractivity contribution >= 4 is 64.1 Å². The Labute approximate surface area is 281 Å². The van der Waals surface area contributed by atoms with Crippen LogP contribution in [-0.4, -0.2) is 14.5 Å². The summed E-state index contributed by atoms with van der Waals surface area (Å²) >= 11 is 1.85. The van der Waals surface area contributed by atoms with Crippen molar-refractivity contribution in [3.8, 4) is 39.6 Å². The number of fused-ring (bicyclic) bond motifs is 8. The molecule has 0 aliphatic carbocycles. The average molecular weight is 630 g/mol. The number of nitrogens with zero attached hydrogens (tertiary/aromatic N) is 3. The molecule has 0 unspecified atom stereocenters. The Balaban J connectivity index is 1.33. The van der Waals surface area contributed by atoms with Gasteiger partial charge in [-0.15, -0.1) is 11.3 Å². The van der Waals surface area contributed by atoms with E-state index in [2.05, 4.69) is 156 Å². The maximum atomic E-state index is 5.32. The van der Waals surface area contributed by atoms with E-state index in [1.165, 1.54) is 47.3 Å². The summed E-state index contributed by atoms with van der Waals surface area (Å²) in [6.45, 7) is 0. The van der Waals surface area contributed by atoms with E-state index < -0.39 is 0 Å². The normalized spacial score (nSPS) is 11.8. The molecule has 3 nitrogen and oxygen atoms in total. The zero-order valence-corrected chi connectivity index (χ0v) is 26.7. The monoisotopic (exact) mass is 629 g/mol. The summed E-state index contributed by atoms with van der Waals surface area (Å²) in [6, 6.07) is 58.3. The largest absolute Gasteiger partial charge is 0.277 e. The number of hydrogen-bond donors (Lipinski definition) is 0. The molecule has 0 fully saturated rings. The molecule has 4 heteroatoms. The standard InChI is InChI=1S/C44H27N3S/c1-3-13-29(14-4-1)37-27-38(30-15-5-2-6-16-30)46-44(45-37)47-39-25-23-28-12-7-8-17-32(28)42(39)36-20-11-19-33(43(36)47)31-22-24-35-34-18-9-10-21-40(34)48-41(35)26-31/h1-27H. The molecule has 10 aromatic rings. The first kappa shape index (κ1) is 27.1. The van der Waals surface area contributed by atoms with Crippen molar-refractivity contribution in [2.24, 2.45) is 0 Å². The Morgan fingerprint density at radius 1 is 0.438 bits per heavy atom. The van der Waals surface area contributed by atoms with Gasteiger partial charge in [-0.3, -0.25) is 4.57 Å². The molecular formula is C44H27N3S. The van der Waals surface area contributed by atoms with Crippen molar-refractivity contribution in [2.45, 2.75) is 0 Å². The topological polar surface area (TPSA) is 30.7 Å². The zero-order valence-electron chi connectivity index (χ0n) is 25.8. The van der Waals surface area contributed by atoms with Gasteiger partial charge < -0.3 is 0 Å². The highest BCUT2D eigenvalue weighted by Gasteiger charge is 2.21. The molecule has 0 amide bonds. The Morgan fingerprint density at radius 3 is 1.85 bits per heavy atom. The van der Waals surface area contributed by atoms with Gasteiger partial charge in [-0.2, -0.15) is 0 Å². The van der Waals surface area contributed by atoms with Gasteiger partial charge in [0, 0.05) is 47.6 Å². The Morgan fingerprint density at radius 2 is 1.08 bits per heavy atom. The summed E-state index contributed by atoms with van der Waals surface area (Å²) in [5.41, 5.74) is 8.41. The first-order chi connectivity index (χ1) is 23.8. The van der Waals surface area contributed by atoms with Gasteiger partial charge in [0.2, 0.25) is 5.95 Å². The van der Waals surface area contributed by atoms with Crippen LogP contribution in [0.2, 0.25) is 0 Å². The van der Waals surface area contributed by atoms with Gasteiger partial charge in [0.1, 0.15) is 0 Å². The first-order valence-electron chi connectivity index (χ1n) is 16.2. The van der Waals surface area contributed by atoms with E-state index in [0.717, 1.165) is 39.1 Å². The summed E-state index contributed by atoms with van der Waals surface area (Å²) in [4.78, 5) is 10.6. The highest BCUT2D eigenvalue weighted by molar-refractivity contribution is 7.25. The van der Waals surface area contributed by atoms with E-state index >= 15 is 0 Å². The third-order valence-corrected chi connectivity index (χ3v) is 10.6. The van der Waals surface area contributed by atoms with Gasteiger partial charge in [0.05, 0.1) is 22.4 Å². The molecule has 0 spiro atoms. The van der Waals surface area contributed by atoms with Gasteiger partial charge in [-0.1, -0.05) is 140 Å². The van der Waals surface area contributed by atoms with Crippen molar-refractivity contribution in [1.82, 2.24) is 14.5 Å². The minimum Gasteiger partial charge on any atom is -0.277 e. The van der Waals surface area contributed by atoms with Crippen LogP contribution in [0, 0.1) is 0 Å². The van der Waals surface area contributed by atoms with Crippen LogP contribution in [0.5, 0.6) is 0 Å². The molecule has 0 saturated heterocycles. The summed E-state index contributed by atoms with van der Waals surface area (Å²) in [5, 5.41) is 7.43. The predicted molar refractivity (Wildman–Crippen MR) is 203 cm³/mol. The van der Waals surface area contributed by atoms with Crippen LogP contribution in [0.15, 0.2) is 164 Å². The van der Waals surface area contributed by atoms with Crippen molar-refractivity contribution in [3.63, 3.8) is 0 Å². The van der Waals surface area contributed by atoms with E-state index in [1.807, 2.05) is 23.5 Å². The molecule has 48 heavy (non-hydrogen) atoms. The minimum atomic E-state index is 0.654. The Bertz CT molecular complexity index is 2770. The Hall–Kier alpha value is -6.10. The third-order valence-electron chi connectivity index (χ3n) is 9.42. The number of aromatic nitrogens is 3. The second-order valence-corrected chi connectivity index (χ2v) is 13.3. The SMILES string of the molecule is c1ccc(-c2cc(-c3ccccc3)nc(-n3c4ccc5ccccc5c4c4cccc(-c5ccc6c(c5)sc5ccccc56)c43)n2)cc1. The molecular weight excluding hydrogens is 603 g/mol. The number of benzene rings is 7. The molecule has 0 atom stereocenters. The Kier molecular flexibility index (Phi) is 6.05. The van der Waals surface area contributed by atoms with Crippen LogP contribution in [0.1, 0.15) is 0 Å². The molecule has 7 aromatic carbocycles. The van der Waals surface area contributed by atoms with Crippen molar-refractivity contribution in [1.29, 1.82) is 0 Å². The minimum absolute atomic E-state index is 0.654. The molecule has 0 bridgehead atoms. The smallest absolute Gasteiger partial charge is 0.235 e. The van der Waals surface area contributed by atoms with Gasteiger partial charge in [-0.25, -0.2) is 9.97 Å². The van der Waals surface area contributed by atoms with Crippen LogP contribution >= 0.6 is 11.3 Å². The van der Waals surface area contributed by atoms with Gasteiger partial charge >= 0.3 is 0 Å². The maximum Gasteiger partial charge on any atom is 0.235 e. The molecule has 0 aliphatic heterocycles. The quantitative estimate of drug-likeness (QED) is 0.194. The highest BCUT2D eigenvalue weighted by atomic mass is 32.1. The van der Waals surface area contributed by atoms with Crippen molar-refractivity contribution in [3.05, 3.63) is 164 Å². The van der Waals surface area contributed by atoms with Crippen LogP contribution in [0.25, 0.3) is 92.3 Å². The fourth-order valence-electron chi connectivity index (χ4n) is 7.22. The zero-order chi connectivity index (χ0) is 31.6. The number of hydrogen-bond acceptors (Lipinski definition) is 3. The summed E-state index contributed by atoms with van der Waals surface area (Å²) in [5.74, 6) is 0.654. The summed E-state index contributed by atoms with van der Waals surface area (Å²) < 4.78 is 4.89. The summed E-state index contributed by atoms with van der Waals surface area (Å²) in [7, 11) is 0. The lowest BCUT2D eigenvalue weighted by Gasteiger charge is -2.14. The lowest BCUT2D eigenvalue weighted by atomic mass is 9.99. The van der Waals surface area contributed by atoms with Crippen LogP contribution < -0.4 is 0 Å². The maximum absolute atomic E-state index is 5.32. The second-order valence-electron chi connectivity index (χ2n) is 12.2. The van der Waals surface area contributed by atoms with E-state index in [4.69, 9.17) is 9.97 Å². The molecule has 3 aromatic heterocycles. The van der Waals surface area contributed by atoms with E-state index in [0.29, 0.717) is 5.95 Å². The summed E-state index contributed by atoms with van der Waals surface area (Å²) in [6.07, 6.45) is 0. The van der Waals surface area contributed by atoms with Gasteiger partial charge in [-0.05, 0) is 40.6 Å². The number of thiophene rings is 1. The highest BCUT2D eigenvalue weighted by Crippen LogP contribution is 2.43. The molecule has 0 N–H and O–H groups in total.